The highest BCUT2D eigenvalue weighted by atomic mass is 16.6. The molecule has 9 rings (SSSR count). The number of benzene rings is 4. The van der Waals surface area contributed by atoms with Crippen LogP contribution in [0.2, 0.25) is 0 Å². The van der Waals surface area contributed by atoms with E-state index in [4.69, 9.17) is 23.7 Å². The van der Waals surface area contributed by atoms with Crippen LogP contribution in [0.25, 0.3) is 22.3 Å². The highest BCUT2D eigenvalue weighted by Gasteiger charge is 2.57. The Hall–Kier alpha value is -9.31. The van der Waals surface area contributed by atoms with E-state index in [1.54, 1.807) is 0 Å². The van der Waals surface area contributed by atoms with E-state index in [0.29, 0.717) is 6.07 Å². The number of phenols is 12. The molecule has 1 unspecified atom stereocenters. The standard InChI is InChI=1S/C41H30O28/c42-8-1-5-12(23(48)21(8)46)13-6(2-9(43)22(47)24(13)49)39(62)67-33-10(4-65-37(5)60)66-38(61)7(3-11(44)45)14(30(55)36(58)59)15-18-16(26(51)31(56)25(15)50)17-19-20(28(53)32(57)27(17)52)29(54)34(68-41(19)64)35(33)69-40(18)63/h1-2,7,10,14,29-30,33-35,42-43,46-57H,3-4H2,(H,44,45)(H,58,59)/t7-,10+,14-,29+,30+,33-,34-,35?/m1/s1. The number of aromatic hydroxyl groups is 12. The first-order valence-electron chi connectivity index (χ1n) is 19.3. The van der Waals surface area contributed by atoms with E-state index >= 15 is 4.79 Å². The molecule has 0 spiro atoms. The fourth-order valence-electron chi connectivity index (χ4n) is 8.75. The normalized spacial score (nSPS) is 23.2. The molecule has 5 heterocycles. The average Bonchev–Trinajstić information content (AvgIpc) is 3.31. The zero-order valence-corrected chi connectivity index (χ0v) is 33.7. The number of carboxylic acid groups (broad SMARTS) is 2. The summed E-state index contributed by atoms with van der Waals surface area (Å²) in [7, 11) is 0. The Morgan fingerprint density at radius 3 is 1.48 bits per heavy atom. The summed E-state index contributed by atoms with van der Waals surface area (Å²) in [6.45, 7) is -1.62. The molecule has 28 nitrogen and oxygen atoms in total. The molecule has 28 heteroatoms. The van der Waals surface area contributed by atoms with Gasteiger partial charge in [0, 0.05) is 39.3 Å². The van der Waals surface area contributed by atoms with Gasteiger partial charge < -0.3 is 105 Å². The van der Waals surface area contributed by atoms with Crippen molar-refractivity contribution in [1.29, 1.82) is 0 Å². The van der Waals surface area contributed by atoms with Crippen molar-refractivity contribution < 1.29 is 139 Å². The molecule has 5 aliphatic heterocycles. The number of rotatable bonds is 4. The summed E-state index contributed by atoms with van der Waals surface area (Å²) in [5, 5.41) is 176. The van der Waals surface area contributed by atoms with Gasteiger partial charge in [-0.2, -0.15) is 0 Å². The van der Waals surface area contributed by atoms with Gasteiger partial charge in [0.1, 0.15) is 12.7 Å². The third-order valence-corrected chi connectivity index (χ3v) is 11.8. The van der Waals surface area contributed by atoms with Crippen LogP contribution >= 0.6 is 0 Å². The number of hydrogen-bond acceptors (Lipinski definition) is 26. The molecule has 0 saturated carbocycles. The second-order valence-corrected chi connectivity index (χ2v) is 15.6. The van der Waals surface area contributed by atoms with E-state index in [1.807, 2.05) is 0 Å². The highest BCUT2D eigenvalue weighted by Crippen LogP contribution is 2.60. The SMILES string of the molecule is O=C(O)C[C@H]1C(=O)O[C@H]2COC(=O)c3cc(O)c(O)c(O)c3-c3c(cc(O)c(O)c3O)C(=O)O[C@H]2C2OC(=O)c3c(c(O)c(O)c(O)c3[C@@H]1[C@H](O)C(=O)O)-c1c(O)c(O)c(O)c3c1C(=O)O[C@@H]2[C@H]3O. The van der Waals surface area contributed by atoms with E-state index in [1.165, 1.54) is 0 Å². The number of cyclic esters (lactones) is 1. The van der Waals surface area contributed by atoms with Gasteiger partial charge in [-0.3, -0.25) is 9.59 Å². The van der Waals surface area contributed by atoms with E-state index in [2.05, 4.69) is 0 Å². The number of aliphatic carboxylic acids is 2. The molecule has 0 aromatic heterocycles. The third-order valence-electron chi connectivity index (χ3n) is 11.8. The van der Waals surface area contributed by atoms with Crippen molar-refractivity contribution in [2.75, 3.05) is 6.61 Å². The van der Waals surface area contributed by atoms with Crippen LogP contribution in [0.4, 0.5) is 0 Å². The van der Waals surface area contributed by atoms with Crippen molar-refractivity contribution in [2.45, 2.75) is 49.0 Å². The minimum absolute atomic E-state index is 0.288. The fourth-order valence-corrected chi connectivity index (χ4v) is 8.75. The molecule has 16 N–H and O–H groups in total. The maximum absolute atomic E-state index is 15.0. The first-order valence-corrected chi connectivity index (χ1v) is 19.3. The Morgan fingerprint density at radius 1 is 0.522 bits per heavy atom. The van der Waals surface area contributed by atoms with E-state index < -0.39 is 228 Å². The number of esters is 5. The van der Waals surface area contributed by atoms with Crippen LogP contribution in [-0.2, 0) is 38.1 Å². The Kier molecular flexibility index (Phi) is 10.7. The van der Waals surface area contributed by atoms with Crippen molar-refractivity contribution in [3.8, 4) is 91.2 Å². The van der Waals surface area contributed by atoms with Crippen LogP contribution in [-0.4, -0.2) is 161 Å². The lowest BCUT2D eigenvalue weighted by Gasteiger charge is -2.40. The summed E-state index contributed by atoms with van der Waals surface area (Å²) in [5.74, 6) is -39.2. The number of carboxylic acids is 2. The molecular formula is C41H30O28. The molecule has 4 aromatic carbocycles. The first-order chi connectivity index (χ1) is 32.3. The van der Waals surface area contributed by atoms with Crippen molar-refractivity contribution in [3.63, 3.8) is 0 Å². The number of ether oxygens (including phenoxy) is 5. The molecule has 8 atom stereocenters. The van der Waals surface area contributed by atoms with Gasteiger partial charge in [0.15, 0.2) is 76.5 Å². The molecule has 0 saturated heterocycles. The summed E-state index contributed by atoms with van der Waals surface area (Å²) in [6, 6.07) is 0.653. The van der Waals surface area contributed by atoms with Gasteiger partial charge in [-0.25, -0.2) is 24.0 Å². The van der Waals surface area contributed by atoms with E-state index in [-0.39, 0.29) is 6.07 Å². The monoisotopic (exact) mass is 970 g/mol. The summed E-state index contributed by atoms with van der Waals surface area (Å²) in [6.07, 6.45) is -18.9. The summed E-state index contributed by atoms with van der Waals surface area (Å²) in [4.78, 5) is 97.7. The topological polar surface area (TPSA) is 489 Å². The van der Waals surface area contributed by atoms with Gasteiger partial charge in [-0.1, -0.05) is 0 Å². The Labute approximate surface area is 378 Å². The van der Waals surface area contributed by atoms with Crippen LogP contribution in [0, 0.1) is 5.92 Å². The van der Waals surface area contributed by atoms with Crippen LogP contribution in [0.15, 0.2) is 12.1 Å². The first kappa shape index (κ1) is 46.2. The predicted molar refractivity (Wildman–Crippen MR) is 209 cm³/mol. The largest absolute Gasteiger partial charge is 0.504 e. The van der Waals surface area contributed by atoms with Crippen LogP contribution in [0.3, 0.4) is 0 Å². The molecule has 0 amide bonds. The Bertz CT molecular complexity index is 3040. The maximum Gasteiger partial charge on any atom is 0.339 e. The predicted octanol–water partition coefficient (Wildman–Crippen LogP) is -0.459. The van der Waals surface area contributed by atoms with Gasteiger partial charge in [-0.15, -0.1) is 0 Å². The summed E-state index contributed by atoms with van der Waals surface area (Å²) >= 11 is 0. The second-order valence-electron chi connectivity index (χ2n) is 15.6. The molecule has 0 aliphatic carbocycles. The number of phenolic OH excluding ortho intramolecular Hbond substituents is 12. The summed E-state index contributed by atoms with van der Waals surface area (Å²) in [5.41, 5.74) is -13.3. The Morgan fingerprint density at radius 2 is 0.971 bits per heavy atom. The third kappa shape index (κ3) is 6.71. The van der Waals surface area contributed by atoms with Gasteiger partial charge >= 0.3 is 41.8 Å². The molecule has 69 heavy (non-hydrogen) atoms. The smallest absolute Gasteiger partial charge is 0.339 e. The molecule has 0 fully saturated rings. The lowest BCUT2D eigenvalue weighted by atomic mass is 9.74. The molecule has 5 aliphatic rings. The number of hydrogen-bond donors (Lipinski definition) is 16. The quantitative estimate of drug-likeness (QED) is 0.0699. The molecule has 0 radical (unpaired) electrons. The zero-order valence-electron chi connectivity index (χ0n) is 33.7. The average molecular weight is 971 g/mol. The van der Waals surface area contributed by atoms with Crippen LogP contribution in [0.5, 0.6) is 69.0 Å². The van der Waals surface area contributed by atoms with Gasteiger partial charge in [0.2, 0.25) is 23.0 Å². The number of fused-ring (bicyclic) bond motifs is 5. The van der Waals surface area contributed by atoms with Crippen molar-refractivity contribution in [3.05, 3.63) is 45.5 Å². The minimum Gasteiger partial charge on any atom is -0.504 e. The van der Waals surface area contributed by atoms with Crippen molar-refractivity contribution in [1.82, 2.24) is 0 Å². The summed E-state index contributed by atoms with van der Waals surface area (Å²) < 4.78 is 27.6. The van der Waals surface area contributed by atoms with Crippen molar-refractivity contribution >= 4 is 41.8 Å². The zero-order chi connectivity index (χ0) is 50.7. The number of aliphatic hydroxyl groups excluding tert-OH is 2. The number of carbonyl (C=O) groups is 7. The van der Waals surface area contributed by atoms with E-state index in [0.717, 1.165) is 0 Å². The molecule has 4 aromatic rings. The van der Waals surface area contributed by atoms with Crippen LogP contribution < -0.4 is 0 Å². The van der Waals surface area contributed by atoms with E-state index in [9.17, 15) is 110 Å². The fraction of sp³-hybridized carbons (Fsp3) is 0.244. The lowest BCUT2D eigenvalue weighted by Crippen LogP contribution is -2.56. The number of aliphatic hydroxyl groups is 2. The van der Waals surface area contributed by atoms with Gasteiger partial charge in [0.05, 0.1) is 34.6 Å². The van der Waals surface area contributed by atoms with Crippen LogP contribution in [0.1, 0.15) is 71.0 Å². The maximum atomic E-state index is 15.0. The second kappa shape index (κ2) is 15.9. The van der Waals surface area contributed by atoms with Crippen molar-refractivity contribution in [2.24, 2.45) is 5.92 Å². The number of carbonyl (C=O) groups excluding carboxylic acids is 5. The molecule has 362 valence electrons. The minimum atomic E-state index is -3.22. The van der Waals surface area contributed by atoms with Gasteiger partial charge in [-0.05, 0) is 12.1 Å². The lowest BCUT2D eigenvalue weighted by molar-refractivity contribution is -0.184. The van der Waals surface area contributed by atoms with Gasteiger partial charge in [0.25, 0.3) is 0 Å². The Balaban J connectivity index is 1.54. The molecule has 6 bridgehead atoms. The highest BCUT2D eigenvalue weighted by molar-refractivity contribution is 6.12. The molecular weight excluding hydrogens is 940 g/mol.